The zero-order valence-corrected chi connectivity index (χ0v) is 15.6. The van der Waals surface area contributed by atoms with Crippen molar-refractivity contribution in [1.82, 2.24) is 19.7 Å². The second-order valence-electron chi connectivity index (χ2n) is 6.46. The lowest BCUT2D eigenvalue weighted by Crippen LogP contribution is -2.33. The van der Waals surface area contributed by atoms with E-state index < -0.39 is 4.92 Å². The second kappa shape index (κ2) is 7.86. The first-order valence-electron chi connectivity index (χ1n) is 8.59. The van der Waals surface area contributed by atoms with Crippen molar-refractivity contribution >= 4 is 23.4 Å². The van der Waals surface area contributed by atoms with Gasteiger partial charge in [-0.25, -0.2) is 0 Å². The molecule has 3 rings (SSSR count). The van der Waals surface area contributed by atoms with E-state index in [2.05, 4.69) is 10.2 Å². The van der Waals surface area contributed by atoms with Crippen molar-refractivity contribution in [1.29, 1.82) is 0 Å². The summed E-state index contributed by atoms with van der Waals surface area (Å²) in [5.41, 5.74) is 0.264. The summed E-state index contributed by atoms with van der Waals surface area (Å²) >= 11 is 1.16. The van der Waals surface area contributed by atoms with E-state index in [0.29, 0.717) is 28.1 Å². The lowest BCUT2D eigenvalue weighted by Gasteiger charge is -2.22. The number of aryl methyl sites for hydroxylation is 1. The maximum absolute atomic E-state index is 12.8. The van der Waals surface area contributed by atoms with E-state index >= 15 is 0 Å². The smallest absolute Gasteiger partial charge is 0.284 e. The lowest BCUT2D eigenvalue weighted by atomic mass is 10.1. The minimum atomic E-state index is -0.458. The molecule has 0 bridgehead atoms. The Morgan fingerprint density at radius 2 is 2.23 bits per heavy atom. The fourth-order valence-electron chi connectivity index (χ4n) is 2.68. The van der Waals surface area contributed by atoms with Crippen LogP contribution in [0.1, 0.15) is 36.5 Å². The monoisotopic (exact) mass is 375 g/mol. The Kier molecular flexibility index (Phi) is 5.55. The number of carbonyl (C=O) groups excluding carboxylic acids is 1. The van der Waals surface area contributed by atoms with Crippen LogP contribution in [0.4, 0.5) is 5.69 Å². The van der Waals surface area contributed by atoms with Crippen molar-refractivity contribution < 1.29 is 9.72 Å². The van der Waals surface area contributed by atoms with Gasteiger partial charge in [-0.3, -0.25) is 14.9 Å². The van der Waals surface area contributed by atoms with Crippen LogP contribution in [0, 0.1) is 16.0 Å². The highest BCUT2D eigenvalue weighted by Gasteiger charge is 2.28. The molecule has 1 aliphatic rings. The average molecular weight is 375 g/mol. The lowest BCUT2D eigenvalue weighted by molar-refractivity contribution is -0.387. The second-order valence-corrected chi connectivity index (χ2v) is 7.47. The van der Waals surface area contributed by atoms with E-state index in [9.17, 15) is 14.9 Å². The molecule has 1 fully saturated rings. The van der Waals surface area contributed by atoms with Crippen molar-refractivity contribution in [2.75, 3.05) is 13.1 Å². The van der Waals surface area contributed by atoms with Gasteiger partial charge < -0.3 is 9.47 Å². The van der Waals surface area contributed by atoms with E-state index in [1.165, 1.54) is 12.4 Å². The third-order valence-corrected chi connectivity index (χ3v) is 5.35. The van der Waals surface area contributed by atoms with Crippen molar-refractivity contribution in [2.24, 2.45) is 13.0 Å². The first-order valence-corrected chi connectivity index (χ1v) is 9.40. The van der Waals surface area contributed by atoms with E-state index in [-0.39, 0.29) is 11.6 Å². The maximum Gasteiger partial charge on any atom is 0.284 e. The molecule has 9 heteroatoms. The average Bonchev–Trinajstić information content (AvgIpc) is 3.35. The van der Waals surface area contributed by atoms with Crippen LogP contribution in [0.25, 0.3) is 0 Å². The van der Waals surface area contributed by atoms with Gasteiger partial charge in [0.25, 0.3) is 11.6 Å². The fraction of sp³-hybridized carbons (Fsp3) is 0.471. The van der Waals surface area contributed by atoms with Crippen molar-refractivity contribution in [2.45, 2.75) is 36.2 Å². The molecule has 138 valence electrons. The van der Waals surface area contributed by atoms with Gasteiger partial charge in [0.15, 0.2) is 5.16 Å². The molecule has 1 aromatic heterocycles. The number of hydrogen-bond donors (Lipinski definition) is 0. The van der Waals surface area contributed by atoms with E-state index in [1.54, 1.807) is 23.7 Å². The van der Waals surface area contributed by atoms with Crippen LogP contribution < -0.4 is 0 Å². The van der Waals surface area contributed by atoms with Gasteiger partial charge in [-0.2, -0.15) is 0 Å². The molecule has 0 saturated heterocycles. The highest BCUT2D eigenvalue weighted by atomic mass is 32.2. The van der Waals surface area contributed by atoms with Crippen molar-refractivity contribution in [3.05, 3.63) is 40.2 Å². The molecule has 0 unspecified atom stereocenters. The van der Waals surface area contributed by atoms with Crippen molar-refractivity contribution in [3.63, 3.8) is 0 Å². The fourth-order valence-corrected chi connectivity index (χ4v) is 3.53. The minimum Gasteiger partial charge on any atom is -0.338 e. The molecular weight excluding hydrogens is 354 g/mol. The Morgan fingerprint density at radius 1 is 1.46 bits per heavy atom. The summed E-state index contributed by atoms with van der Waals surface area (Å²) in [5, 5.41) is 19.8. The highest BCUT2D eigenvalue weighted by molar-refractivity contribution is 7.99. The molecule has 1 saturated carbocycles. The van der Waals surface area contributed by atoms with Crippen LogP contribution in [0.3, 0.4) is 0 Å². The molecule has 26 heavy (non-hydrogen) atoms. The molecular formula is C17H21N5O3S. The molecule has 0 spiro atoms. The standard InChI is InChI=1S/C17H21N5O3S/c1-3-8-21(10-12-4-5-12)16(23)13-6-7-15(14(9-13)22(24)25)26-17-19-18-11-20(17)2/h6-7,9,11-12H,3-5,8,10H2,1-2H3. The summed E-state index contributed by atoms with van der Waals surface area (Å²) in [6.07, 6.45) is 4.70. The van der Waals surface area contributed by atoms with Crippen LogP contribution in [0.15, 0.2) is 34.6 Å². The number of nitrogens with zero attached hydrogens (tertiary/aromatic N) is 5. The summed E-state index contributed by atoms with van der Waals surface area (Å²) in [6.45, 7) is 3.42. The van der Waals surface area contributed by atoms with E-state index in [1.807, 2.05) is 11.8 Å². The normalized spacial score (nSPS) is 13.6. The molecule has 2 aromatic rings. The highest BCUT2D eigenvalue weighted by Crippen LogP contribution is 2.35. The van der Waals surface area contributed by atoms with Gasteiger partial charge in [0.1, 0.15) is 6.33 Å². The number of benzene rings is 1. The zero-order chi connectivity index (χ0) is 18.7. The van der Waals surface area contributed by atoms with Gasteiger partial charge in [0.05, 0.1) is 9.82 Å². The van der Waals surface area contributed by atoms with Crippen LogP contribution >= 0.6 is 11.8 Å². The van der Waals surface area contributed by atoms with Crippen LogP contribution in [0.2, 0.25) is 0 Å². The Bertz CT molecular complexity index is 818. The van der Waals surface area contributed by atoms with Gasteiger partial charge >= 0.3 is 0 Å². The van der Waals surface area contributed by atoms with E-state index in [4.69, 9.17) is 0 Å². The molecule has 0 atom stereocenters. The number of aromatic nitrogens is 3. The third-order valence-electron chi connectivity index (χ3n) is 4.23. The summed E-state index contributed by atoms with van der Waals surface area (Å²) in [7, 11) is 1.77. The zero-order valence-electron chi connectivity index (χ0n) is 14.8. The molecule has 0 N–H and O–H groups in total. The quantitative estimate of drug-likeness (QED) is 0.520. The van der Waals surface area contributed by atoms with Crippen LogP contribution in [-0.2, 0) is 7.05 Å². The number of nitro groups is 1. The number of hydrogen-bond acceptors (Lipinski definition) is 6. The maximum atomic E-state index is 12.8. The number of nitro benzene ring substituents is 1. The van der Waals surface area contributed by atoms with Crippen LogP contribution in [-0.4, -0.2) is 43.6 Å². The van der Waals surface area contributed by atoms with Crippen LogP contribution in [0.5, 0.6) is 0 Å². The Labute approximate surface area is 155 Å². The predicted octanol–water partition coefficient (Wildman–Crippen LogP) is 3.14. The molecule has 1 aromatic carbocycles. The molecule has 0 aliphatic heterocycles. The van der Waals surface area contributed by atoms with Gasteiger partial charge in [-0.1, -0.05) is 6.92 Å². The molecule has 1 amide bonds. The summed E-state index contributed by atoms with van der Waals surface area (Å²) in [4.78, 5) is 26.1. The van der Waals surface area contributed by atoms with Crippen molar-refractivity contribution in [3.8, 4) is 0 Å². The predicted molar refractivity (Wildman–Crippen MR) is 97.1 cm³/mol. The summed E-state index contributed by atoms with van der Waals surface area (Å²) in [5.74, 6) is 0.434. The SMILES string of the molecule is CCCN(CC1CC1)C(=O)c1ccc(Sc2nncn2C)c([N+](=O)[O-])c1. The summed E-state index contributed by atoms with van der Waals surface area (Å²) < 4.78 is 1.69. The summed E-state index contributed by atoms with van der Waals surface area (Å²) in [6, 6.07) is 4.64. The first-order chi connectivity index (χ1) is 12.5. The molecule has 0 radical (unpaired) electrons. The number of amides is 1. The Balaban J connectivity index is 1.86. The van der Waals surface area contributed by atoms with Gasteiger partial charge in [-0.05, 0) is 49.1 Å². The largest absolute Gasteiger partial charge is 0.338 e. The number of carbonyl (C=O) groups is 1. The minimum absolute atomic E-state index is 0.0910. The van der Waals surface area contributed by atoms with Gasteiger partial charge in [-0.15, -0.1) is 10.2 Å². The van der Waals surface area contributed by atoms with Gasteiger partial charge in [0.2, 0.25) is 0 Å². The molecule has 1 heterocycles. The Morgan fingerprint density at radius 3 is 2.81 bits per heavy atom. The van der Waals surface area contributed by atoms with E-state index in [0.717, 1.165) is 37.6 Å². The first kappa shape index (κ1) is 18.4. The van der Waals surface area contributed by atoms with Gasteiger partial charge in [0, 0.05) is 31.8 Å². The third kappa shape index (κ3) is 4.21. The Hall–Kier alpha value is -2.42. The number of rotatable bonds is 8. The topological polar surface area (TPSA) is 94.2 Å². The molecule has 1 aliphatic carbocycles. The molecule has 8 nitrogen and oxygen atoms in total.